The van der Waals surface area contributed by atoms with E-state index in [1.165, 1.54) is 31.4 Å². The highest BCUT2D eigenvalue weighted by Crippen LogP contribution is 2.28. The molecule has 0 radical (unpaired) electrons. The van der Waals surface area contributed by atoms with Crippen LogP contribution >= 0.6 is 0 Å². The molecule has 0 saturated carbocycles. The molecular formula is C20H19NO5. The van der Waals surface area contributed by atoms with Crippen LogP contribution in [0.15, 0.2) is 48.5 Å². The summed E-state index contributed by atoms with van der Waals surface area (Å²) in [5.74, 6) is -1.36. The van der Waals surface area contributed by atoms with Crippen LogP contribution in [0.3, 0.4) is 0 Å². The Bertz CT molecular complexity index is 844. The summed E-state index contributed by atoms with van der Waals surface area (Å²) in [6.45, 7) is 2.14. The average Bonchev–Trinajstić information content (AvgIpc) is 3.10. The lowest BCUT2D eigenvalue weighted by atomic mass is 10.1. The van der Waals surface area contributed by atoms with Gasteiger partial charge in [0, 0.05) is 12.2 Å². The van der Waals surface area contributed by atoms with Crippen molar-refractivity contribution in [2.45, 2.75) is 19.4 Å². The van der Waals surface area contributed by atoms with Crippen LogP contribution in [0.2, 0.25) is 0 Å². The van der Waals surface area contributed by atoms with Crippen molar-refractivity contribution in [3.63, 3.8) is 0 Å². The standard InChI is InChI=1S/C20H19NO5/c1-13(18(22)21-12-11-14-5-3-4-6-17(14)21)26-20(24)16-9-7-15(8-10-16)19(23)25-2/h3-10,13H,11-12H2,1-2H3. The third-order valence-electron chi connectivity index (χ3n) is 4.33. The van der Waals surface area contributed by atoms with Crippen LogP contribution in [0.5, 0.6) is 0 Å². The molecule has 1 aliphatic rings. The number of ether oxygens (including phenoxy) is 2. The summed E-state index contributed by atoms with van der Waals surface area (Å²) in [7, 11) is 1.29. The molecule has 0 fully saturated rings. The lowest BCUT2D eigenvalue weighted by Gasteiger charge is -2.21. The number of carbonyl (C=O) groups excluding carboxylic acids is 3. The maximum absolute atomic E-state index is 12.6. The fraction of sp³-hybridized carbons (Fsp3) is 0.250. The molecule has 1 atom stereocenters. The van der Waals surface area contributed by atoms with Gasteiger partial charge in [-0.05, 0) is 49.2 Å². The number of amides is 1. The minimum absolute atomic E-state index is 0.255. The number of rotatable bonds is 4. The molecule has 0 bridgehead atoms. The highest BCUT2D eigenvalue weighted by Gasteiger charge is 2.29. The lowest BCUT2D eigenvalue weighted by molar-refractivity contribution is -0.126. The molecule has 1 amide bonds. The molecule has 0 saturated heterocycles. The molecule has 2 aromatic rings. The summed E-state index contributed by atoms with van der Waals surface area (Å²) >= 11 is 0. The molecule has 0 spiro atoms. The van der Waals surface area contributed by atoms with Gasteiger partial charge in [0.05, 0.1) is 18.2 Å². The maximum Gasteiger partial charge on any atom is 0.338 e. The van der Waals surface area contributed by atoms with Gasteiger partial charge in [-0.2, -0.15) is 0 Å². The van der Waals surface area contributed by atoms with E-state index in [0.717, 1.165) is 17.7 Å². The van der Waals surface area contributed by atoms with Crippen molar-refractivity contribution in [1.82, 2.24) is 0 Å². The Balaban J connectivity index is 1.66. The molecule has 6 nitrogen and oxygen atoms in total. The number of anilines is 1. The SMILES string of the molecule is COC(=O)c1ccc(C(=O)OC(C)C(=O)N2CCc3ccccc32)cc1. The summed E-state index contributed by atoms with van der Waals surface area (Å²) in [5, 5.41) is 0. The normalized spacial score (nSPS) is 13.7. The molecule has 134 valence electrons. The number of hydrogen-bond donors (Lipinski definition) is 0. The largest absolute Gasteiger partial charge is 0.465 e. The van der Waals surface area contributed by atoms with Crippen molar-refractivity contribution in [2.75, 3.05) is 18.6 Å². The predicted octanol–water partition coefficient (Wildman–Crippen LogP) is 2.61. The van der Waals surface area contributed by atoms with Gasteiger partial charge in [0.1, 0.15) is 0 Å². The topological polar surface area (TPSA) is 72.9 Å². The first-order chi connectivity index (χ1) is 12.5. The van der Waals surface area contributed by atoms with E-state index in [4.69, 9.17) is 4.74 Å². The molecule has 0 aromatic heterocycles. The van der Waals surface area contributed by atoms with E-state index in [2.05, 4.69) is 4.74 Å². The molecular weight excluding hydrogens is 334 g/mol. The number of hydrogen-bond acceptors (Lipinski definition) is 5. The smallest absolute Gasteiger partial charge is 0.338 e. The van der Waals surface area contributed by atoms with Crippen molar-refractivity contribution < 1.29 is 23.9 Å². The number of carbonyl (C=O) groups is 3. The minimum atomic E-state index is -0.908. The van der Waals surface area contributed by atoms with Crippen LogP contribution in [0.1, 0.15) is 33.2 Å². The molecule has 0 N–H and O–H groups in total. The molecule has 1 heterocycles. The van der Waals surface area contributed by atoms with Crippen LogP contribution in [-0.2, 0) is 20.7 Å². The monoisotopic (exact) mass is 353 g/mol. The van der Waals surface area contributed by atoms with E-state index in [-0.39, 0.29) is 11.5 Å². The highest BCUT2D eigenvalue weighted by molar-refractivity contribution is 6.00. The minimum Gasteiger partial charge on any atom is -0.465 e. The first kappa shape index (κ1) is 17.7. The van der Waals surface area contributed by atoms with E-state index in [1.54, 1.807) is 11.8 Å². The number of fused-ring (bicyclic) bond motifs is 1. The van der Waals surface area contributed by atoms with E-state index < -0.39 is 18.0 Å². The van der Waals surface area contributed by atoms with Gasteiger partial charge in [-0.15, -0.1) is 0 Å². The molecule has 1 unspecified atom stereocenters. The van der Waals surface area contributed by atoms with Crippen molar-refractivity contribution in [3.8, 4) is 0 Å². The lowest BCUT2D eigenvalue weighted by Crippen LogP contribution is -2.39. The zero-order valence-corrected chi connectivity index (χ0v) is 14.6. The maximum atomic E-state index is 12.6. The van der Waals surface area contributed by atoms with Crippen LogP contribution in [0, 0.1) is 0 Å². The number of nitrogens with zero attached hydrogens (tertiary/aromatic N) is 1. The predicted molar refractivity (Wildman–Crippen MR) is 95.2 cm³/mol. The van der Waals surface area contributed by atoms with Gasteiger partial charge in [-0.25, -0.2) is 9.59 Å². The average molecular weight is 353 g/mol. The number of para-hydroxylation sites is 1. The summed E-state index contributed by atoms with van der Waals surface area (Å²) in [6, 6.07) is 13.6. The van der Waals surface area contributed by atoms with Gasteiger partial charge in [-0.1, -0.05) is 18.2 Å². The van der Waals surface area contributed by atoms with Crippen molar-refractivity contribution in [2.24, 2.45) is 0 Å². The second kappa shape index (κ2) is 7.39. The Kier molecular flexibility index (Phi) is 5.02. The fourth-order valence-electron chi connectivity index (χ4n) is 2.93. The zero-order valence-electron chi connectivity index (χ0n) is 14.6. The molecule has 26 heavy (non-hydrogen) atoms. The van der Waals surface area contributed by atoms with Crippen LogP contribution in [-0.4, -0.2) is 37.6 Å². The Morgan fingerprint density at radius 1 is 0.962 bits per heavy atom. The summed E-state index contributed by atoms with van der Waals surface area (Å²) in [4.78, 5) is 38.0. The Hall–Kier alpha value is -3.15. The third-order valence-corrected chi connectivity index (χ3v) is 4.33. The van der Waals surface area contributed by atoms with Gasteiger partial charge in [0.2, 0.25) is 0 Å². The van der Waals surface area contributed by atoms with Gasteiger partial charge >= 0.3 is 11.9 Å². The van der Waals surface area contributed by atoms with E-state index in [9.17, 15) is 14.4 Å². The highest BCUT2D eigenvalue weighted by atomic mass is 16.5. The van der Waals surface area contributed by atoms with Crippen molar-refractivity contribution >= 4 is 23.5 Å². The van der Waals surface area contributed by atoms with E-state index in [0.29, 0.717) is 12.1 Å². The van der Waals surface area contributed by atoms with Gasteiger partial charge in [-0.3, -0.25) is 4.79 Å². The Morgan fingerprint density at radius 2 is 1.58 bits per heavy atom. The van der Waals surface area contributed by atoms with E-state index in [1.807, 2.05) is 24.3 Å². The third kappa shape index (κ3) is 3.44. The second-order valence-electron chi connectivity index (χ2n) is 5.99. The number of benzene rings is 2. The van der Waals surface area contributed by atoms with Gasteiger partial charge in [0.15, 0.2) is 6.10 Å². The quantitative estimate of drug-likeness (QED) is 0.790. The fourth-order valence-corrected chi connectivity index (χ4v) is 2.93. The molecule has 1 aliphatic heterocycles. The van der Waals surface area contributed by atoms with Crippen LogP contribution in [0.4, 0.5) is 5.69 Å². The van der Waals surface area contributed by atoms with Crippen molar-refractivity contribution in [1.29, 1.82) is 0 Å². The van der Waals surface area contributed by atoms with Crippen LogP contribution in [0.25, 0.3) is 0 Å². The molecule has 6 heteroatoms. The zero-order chi connectivity index (χ0) is 18.7. The second-order valence-corrected chi connectivity index (χ2v) is 5.99. The first-order valence-electron chi connectivity index (χ1n) is 8.30. The van der Waals surface area contributed by atoms with Crippen LogP contribution < -0.4 is 4.90 Å². The summed E-state index contributed by atoms with van der Waals surface area (Å²) in [6.07, 6.45) is -0.119. The molecule has 3 rings (SSSR count). The molecule has 2 aromatic carbocycles. The summed E-state index contributed by atoms with van der Waals surface area (Å²) < 4.78 is 9.92. The van der Waals surface area contributed by atoms with Gasteiger partial charge < -0.3 is 14.4 Å². The Labute approximate surface area is 151 Å². The Morgan fingerprint density at radius 3 is 2.23 bits per heavy atom. The molecule has 0 aliphatic carbocycles. The first-order valence-corrected chi connectivity index (χ1v) is 8.30. The van der Waals surface area contributed by atoms with Gasteiger partial charge in [0.25, 0.3) is 5.91 Å². The number of methoxy groups -OCH3 is 1. The summed E-state index contributed by atoms with van der Waals surface area (Å²) in [5.41, 5.74) is 2.57. The van der Waals surface area contributed by atoms with E-state index >= 15 is 0 Å². The van der Waals surface area contributed by atoms with Crippen molar-refractivity contribution in [3.05, 3.63) is 65.2 Å². The number of esters is 2.